The fourth-order valence-electron chi connectivity index (χ4n) is 2.19. The highest BCUT2D eigenvalue weighted by atomic mass is 16.5. The topological polar surface area (TPSA) is 46.6 Å². The Morgan fingerprint density at radius 2 is 1.88 bits per heavy atom. The molecule has 0 aliphatic heterocycles. The fraction of sp³-hybridized carbons (Fsp3) is 0.692. The first-order chi connectivity index (χ1) is 8.04. The fourth-order valence-corrected chi connectivity index (χ4v) is 2.19. The van der Waals surface area contributed by atoms with Crippen molar-refractivity contribution in [2.24, 2.45) is 5.92 Å². The molecule has 0 saturated heterocycles. The highest BCUT2D eigenvalue weighted by Gasteiger charge is 2.24. The van der Waals surface area contributed by atoms with Crippen molar-refractivity contribution in [3.8, 4) is 0 Å². The van der Waals surface area contributed by atoms with Gasteiger partial charge in [0.2, 0.25) is 0 Å². The average molecular weight is 239 g/mol. The van der Waals surface area contributed by atoms with Gasteiger partial charge < -0.3 is 9.64 Å². The molecule has 0 unspecified atom stereocenters. The van der Waals surface area contributed by atoms with E-state index in [1.165, 1.54) is 20.0 Å². The molecule has 96 valence electrons. The zero-order valence-corrected chi connectivity index (χ0v) is 10.9. The van der Waals surface area contributed by atoms with Crippen LogP contribution in [-0.2, 0) is 14.3 Å². The monoisotopic (exact) mass is 239 g/mol. The molecule has 0 aromatic rings. The summed E-state index contributed by atoms with van der Waals surface area (Å²) in [6.07, 6.45) is 6.61. The molecule has 4 nitrogen and oxygen atoms in total. The zero-order chi connectivity index (χ0) is 12.8. The Morgan fingerprint density at radius 3 is 2.35 bits per heavy atom. The van der Waals surface area contributed by atoms with Crippen LogP contribution in [0.5, 0.6) is 0 Å². The van der Waals surface area contributed by atoms with E-state index in [0.29, 0.717) is 12.3 Å². The van der Waals surface area contributed by atoms with Gasteiger partial charge >= 0.3 is 5.97 Å². The van der Waals surface area contributed by atoms with Crippen LogP contribution in [0.1, 0.15) is 32.1 Å². The number of nitrogens with zero attached hydrogens (tertiary/aromatic N) is 1. The van der Waals surface area contributed by atoms with Crippen molar-refractivity contribution in [3.05, 3.63) is 11.8 Å². The van der Waals surface area contributed by atoms with E-state index in [4.69, 9.17) is 0 Å². The molecule has 0 atom stereocenters. The number of ketones is 1. The number of carbonyl (C=O) groups is 2. The Bertz CT molecular complexity index is 315. The smallest absolute Gasteiger partial charge is 0.342 e. The second-order valence-corrected chi connectivity index (χ2v) is 4.78. The van der Waals surface area contributed by atoms with Crippen LogP contribution in [-0.4, -0.2) is 37.9 Å². The average Bonchev–Trinajstić information content (AvgIpc) is 2.77. The summed E-state index contributed by atoms with van der Waals surface area (Å²) in [4.78, 5) is 25.3. The normalized spacial score (nSPS) is 17.0. The number of ether oxygens (including phenoxy) is 1. The molecule has 0 N–H and O–H groups in total. The SMILES string of the molecule is COC(=O)/C(=C\N(C)C)C(=O)CC1CCCC1. The summed E-state index contributed by atoms with van der Waals surface area (Å²) in [5, 5.41) is 0. The van der Waals surface area contributed by atoms with Crippen molar-refractivity contribution < 1.29 is 14.3 Å². The lowest BCUT2D eigenvalue weighted by atomic mass is 9.97. The van der Waals surface area contributed by atoms with Crippen molar-refractivity contribution in [2.45, 2.75) is 32.1 Å². The summed E-state index contributed by atoms with van der Waals surface area (Å²) in [5.74, 6) is -0.197. The van der Waals surface area contributed by atoms with Crippen LogP contribution in [0.15, 0.2) is 11.8 Å². The number of hydrogen-bond donors (Lipinski definition) is 0. The zero-order valence-electron chi connectivity index (χ0n) is 10.9. The van der Waals surface area contributed by atoms with Gasteiger partial charge in [-0.25, -0.2) is 4.79 Å². The van der Waals surface area contributed by atoms with E-state index in [1.54, 1.807) is 25.2 Å². The maximum Gasteiger partial charge on any atom is 0.342 e. The number of rotatable bonds is 5. The summed E-state index contributed by atoms with van der Waals surface area (Å²) < 4.78 is 4.64. The minimum atomic E-state index is -0.540. The number of esters is 1. The first kappa shape index (κ1) is 13.7. The summed E-state index contributed by atoms with van der Waals surface area (Å²) in [6.45, 7) is 0. The van der Waals surface area contributed by atoms with E-state index in [9.17, 15) is 9.59 Å². The Morgan fingerprint density at radius 1 is 1.29 bits per heavy atom. The molecule has 1 aliphatic carbocycles. The largest absolute Gasteiger partial charge is 0.465 e. The Labute approximate surface area is 103 Å². The predicted molar refractivity (Wildman–Crippen MR) is 65.4 cm³/mol. The van der Waals surface area contributed by atoms with Crippen LogP contribution in [0.4, 0.5) is 0 Å². The molecule has 0 amide bonds. The van der Waals surface area contributed by atoms with Gasteiger partial charge in [-0.2, -0.15) is 0 Å². The molecule has 1 saturated carbocycles. The first-order valence-electron chi connectivity index (χ1n) is 6.04. The molecule has 1 rings (SSSR count). The second-order valence-electron chi connectivity index (χ2n) is 4.78. The molecule has 0 heterocycles. The first-order valence-corrected chi connectivity index (χ1v) is 6.04. The van der Waals surface area contributed by atoms with Crippen molar-refractivity contribution in [1.82, 2.24) is 4.90 Å². The number of hydrogen-bond acceptors (Lipinski definition) is 4. The van der Waals surface area contributed by atoms with E-state index >= 15 is 0 Å². The summed E-state index contributed by atoms with van der Waals surface area (Å²) in [5.41, 5.74) is 0.157. The minimum Gasteiger partial charge on any atom is -0.465 e. The molecule has 0 radical (unpaired) electrons. The molecule has 1 aliphatic rings. The van der Waals surface area contributed by atoms with Gasteiger partial charge in [0.25, 0.3) is 0 Å². The Kier molecular flexibility index (Phi) is 5.19. The van der Waals surface area contributed by atoms with Crippen molar-refractivity contribution in [1.29, 1.82) is 0 Å². The number of Topliss-reactive ketones (excluding diaryl/α,β-unsaturated/α-hetero) is 1. The van der Waals surface area contributed by atoms with Crippen LogP contribution < -0.4 is 0 Å². The third-order valence-corrected chi connectivity index (χ3v) is 3.04. The lowest BCUT2D eigenvalue weighted by Gasteiger charge is -2.12. The summed E-state index contributed by atoms with van der Waals surface area (Å²) in [6, 6.07) is 0. The minimum absolute atomic E-state index is 0.0996. The van der Waals surface area contributed by atoms with Gasteiger partial charge in [-0.3, -0.25) is 4.79 Å². The lowest BCUT2D eigenvalue weighted by molar-refractivity contribution is -0.138. The highest BCUT2D eigenvalue weighted by Crippen LogP contribution is 2.28. The van der Waals surface area contributed by atoms with Crippen molar-refractivity contribution in [3.63, 3.8) is 0 Å². The Balaban J connectivity index is 2.68. The van der Waals surface area contributed by atoms with Crippen LogP contribution in [0.3, 0.4) is 0 Å². The van der Waals surface area contributed by atoms with Crippen LogP contribution >= 0.6 is 0 Å². The molecule has 0 bridgehead atoms. The van der Waals surface area contributed by atoms with Gasteiger partial charge in [0.05, 0.1) is 7.11 Å². The quantitative estimate of drug-likeness (QED) is 0.317. The molecule has 0 aromatic heterocycles. The third kappa shape index (κ3) is 4.21. The van der Waals surface area contributed by atoms with Crippen LogP contribution in [0.2, 0.25) is 0 Å². The van der Waals surface area contributed by atoms with Gasteiger partial charge in [0.15, 0.2) is 5.78 Å². The summed E-state index contributed by atoms with van der Waals surface area (Å²) >= 11 is 0. The summed E-state index contributed by atoms with van der Waals surface area (Å²) in [7, 11) is 4.87. The van der Waals surface area contributed by atoms with Crippen molar-refractivity contribution >= 4 is 11.8 Å². The molecular formula is C13H21NO3. The van der Waals surface area contributed by atoms with E-state index in [1.807, 2.05) is 0 Å². The molecule has 4 heteroatoms. The van der Waals surface area contributed by atoms with Gasteiger partial charge in [-0.15, -0.1) is 0 Å². The van der Waals surface area contributed by atoms with Gasteiger partial charge in [0.1, 0.15) is 5.57 Å². The highest BCUT2D eigenvalue weighted by molar-refractivity contribution is 6.17. The molecule has 0 aromatic carbocycles. The van der Waals surface area contributed by atoms with E-state index in [-0.39, 0.29) is 11.4 Å². The molecule has 0 spiro atoms. The lowest BCUT2D eigenvalue weighted by Crippen LogP contribution is -2.19. The third-order valence-electron chi connectivity index (χ3n) is 3.04. The van der Waals surface area contributed by atoms with E-state index in [0.717, 1.165) is 12.8 Å². The van der Waals surface area contributed by atoms with Crippen LogP contribution in [0.25, 0.3) is 0 Å². The van der Waals surface area contributed by atoms with Crippen molar-refractivity contribution in [2.75, 3.05) is 21.2 Å². The molecular weight excluding hydrogens is 218 g/mol. The van der Waals surface area contributed by atoms with Gasteiger partial charge in [0, 0.05) is 26.7 Å². The van der Waals surface area contributed by atoms with Crippen LogP contribution in [0, 0.1) is 5.92 Å². The van der Waals surface area contributed by atoms with Gasteiger partial charge in [-0.05, 0) is 5.92 Å². The van der Waals surface area contributed by atoms with E-state index in [2.05, 4.69) is 4.74 Å². The maximum atomic E-state index is 12.0. The van der Waals surface area contributed by atoms with Gasteiger partial charge in [-0.1, -0.05) is 25.7 Å². The number of methoxy groups -OCH3 is 1. The Hall–Kier alpha value is -1.32. The predicted octanol–water partition coefficient (Wildman–Crippen LogP) is 1.75. The maximum absolute atomic E-state index is 12.0. The standard InChI is InChI=1S/C13H21NO3/c1-14(2)9-11(13(16)17-3)12(15)8-10-6-4-5-7-10/h9-10H,4-8H2,1-3H3/b11-9-. The molecule has 1 fully saturated rings. The molecule has 17 heavy (non-hydrogen) atoms. The van der Waals surface area contributed by atoms with E-state index < -0.39 is 5.97 Å². The number of carbonyl (C=O) groups excluding carboxylic acids is 2. The second kappa shape index (κ2) is 6.42.